The Morgan fingerprint density at radius 2 is 1.60 bits per heavy atom. The van der Waals surface area contributed by atoms with E-state index in [1.165, 1.54) is 25.7 Å². The van der Waals surface area contributed by atoms with Crippen LogP contribution in [-0.4, -0.2) is 18.1 Å². The number of nitrogens with one attached hydrogen (secondary N) is 2. The molecule has 2 nitrogen and oxygen atoms in total. The molecular weight excluding hydrogens is 291 g/mol. The Labute approximate surface area is 132 Å². The van der Waals surface area contributed by atoms with E-state index in [0.29, 0.717) is 28.2 Å². The Bertz CT molecular complexity index is 404. The number of hydrogen-bond donors (Lipinski definition) is 2. The van der Waals surface area contributed by atoms with Gasteiger partial charge in [-0.05, 0) is 49.4 Å². The van der Waals surface area contributed by atoms with Gasteiger partial charge in [-0.15, -0.1) is 0 Å². The van der Waals surface area contributed by atoms with E-state index in [4.69, 9.17) is 23.2 Å². The van der Waals surface area contributed by atoms with Crippen molar-refractivity contribution in [3.63, 3.8) is 0 Å². The van der Waals surface area contributed by atoms with Gasteiger partial charge in [0, 0.05) is 34.7 Å². The third kappa shape index (κ3) is 4.63. The Morgan fingerprint density at radius 1 is 1.05 bits per heavy atom. The molecule has 1 aliphatic heterocycles. The van der Waals surface area contributed by atoms with E-state index in [0.717, 1.165) is 12.1 Å². The lowest BCUT2D eigenvalue weighted by Gasteiger charge is -2.36. The summed E-state index contributed by atoms with van der Waals surface area (Å²) in [6, 6.07) is 7.58. The van der Waals surface area contributed by atoms with Gasteiger partial charge < -0.3 is 10.6 Å². The van der Waals surface area contributed by atoms with Crippen LogP contribution in [0.1, 0.15) is 45.1 Å². The molecule has 20 heavy (non-hydrogen) atoms. The fourth-order valence-electron chi connectivity index (χ4n) is 2.96. The molecule has 0 aliphatic carbocycles. The number of hydrogen-bond acceptors (Lipinski definition) is 2. The number of piperidine rings is 1. The van der Waals surface area contributed by atoms with Crippen molar-refractivity contribution in [3.05, 3.63) is 33.8 Å². The molecule has 0 amide bonds. The van der Waals surface area contributed by atoms with Gasteiger partial charge in [-0.3, -0.25) is 0 Å². The molecule has 1 aromatic rings. The number of rotatable bonds is 5. The molecule has 112 valence electrons. The molecule has 2 rings (SSSR count). The molecule has 2 N–H and O–H groups in total. The molecule has 1 aliphatic rings. The Kier molecular flexibility index (Phi) is 6.16. The molecular formula is C16H24Cl2N2. The van der Waals surface area contributed by atoms with Gasteiger partial charge in [0.1, 0.15) is 0 Å². The average Bonchev–Trinajstić information content (AvgIpc) is 2.43. The predicted octanol–water partition coefficient (Wildman–Crippen LogP) is 4.39. The molecule has 4 heteroatoms. The van der Waals surface area contributed by atoms with E-state index in [1.54, 1.807) is 6.07 Å². The van der Waals surface area contributed by atoms with Gasteiger partial charge >= 0.3 is 0 Å². The van der Waals surface area contributed by atoms with Gasteiger partial charge in [0.25, 0.3) is 0 Å². The van der Waals surface area contributed by atoms with Crippen LogP contribution in [0.5, 0.6) is 0 Å². The first-order valence-electron chi connectivity index (χ1n) is 7.55. The monoisotopic (exact) mass is 314 g/mol. The SMILES string of the molecule is CC[C@@H]1C[C@H](NCc2cc(Cl)cc(Cl)c2)C[C@H](CC)N1. The first-order valence-corrected chi connectivity index (χ1v) is 8.30. The largest absolute Gasteiger partial charge is 0.311 e. The molecule has 0 spiro atoms. The van der Waals surface area contributed by atoms with E-state index in [9.17, 15) is 0 Å². The summed E-state index contributed by atoms with van der Waals surface area (Å²) < 4.78 is 0. The van der Waals surface area contributed by atoms with Crippen molar-refractivity contribution in [1.82, 2.24) is 10.6 Å². The average molecular weight is 315 g/mol. The van der Waals surface area contributed by atoms with Gasteiger partial charge in [0.2, 0.25) is 0 Å². The maximum absolute atomic E-state index is 6.04. The minimum atomic E-state index is 0.573. The van der Waals surface area contributed by atoms with Crippen LogP contribution in [0.25, 0.3) is 0 Å². The second kappa shape index (κ2) is 7.65. The zero-order valence-electron chi connectivity index (χ0n) is 12.3. The zero-order valence-corrected chi connectivity index (χ0v) is 13.8. The van der Waals surface area contributed by atoms with Crippen molar-refractivity contribution < 1.29 is 0 Å². The van der Waals surface area contributed by atoms with Crippen molar-refractivity contribution in [2.24, 2.45) is 0 Å². The Hall–Kier alpha value is -0.280. The van der Waals surface area contributed by atoms with Crippen LogP contribution >= 0.6 is 23.2 Å². The minimum absolute atomic E-state index is 0.573. The highest BCUT2D eigenvalue weighted by Crippen LogP contribution is 2.21. The topological polar surface area (TPSA) is 24.1 Å². The molecule has 1 saturated heterocycles. The van der Waals surface area contributed by atoms with Crippen LogP contribution in [0.3, 0.4) is 0 Å². The smallest absolute Gasteiger partial charge is 0.0424 e. The minimum Gasteiger partial charge on any atom is -0.311 e. The molecule has 3 atom stereocenters. The second-order valence-electron chi connectivity index (χ2n) is 5.70. The van der Waals surface area contributed by atoms with Gasteiger partial charge in [0.05, 0.1) is 0 Å². The van der Waals surface area contributed by atoms with Crippen molar-refractivity contribution >= 4 is 23.2 Å². The quantitative estimate of drug-likeness (QED) is 0.842. The van der Waals surface area contributed by atoms with E-state index in [1.807, 2.05) is 12.1 Å². The van der Waals surface area contributed by atoms with Crippen molar-refractivity contribution in [3.8, 4) is 0 Å². The van der Waals surface area contributed by atoms with Crippen molar-refractivity contribution in [2.75, 3.05) is 0 Å². The van der Waals surface area contributed by atoms with E-state index in [2.05, 4.69) is 24.5 Å². The molecule has 0 aromatic heterocycles. The molecule has 1 heterocycles. The van der Waals surface area contributed by atoms with Gasteiger partial charge in [0.15, 0.2) is 0 Å². The summed E-state index contributed by atoms with van der Waals surface area (Å²) in [5, 5.41) is 8.79. The molecule has 1 fully saturated rings. The van der Waals surface area contributed by atoms with Crippen LogP contribution in [-0.2, 0) is 6.54 Å². The Morgan fingerprint density at radius 3 is 2.10 bits per heavy atom. The second-order valence-corrected chi connectivity index (χ2v) is 6.58. The maximum Gasteiger partial charge on any atom is 0.0424 e. The Balaban J connectivity index is 1.92. The lowest BCUT2D eigenvalue weighted by molar-refractivity contribution is 0.250. The maximum atomic E-state index is 6.04. The van der Waals surface area contributed by atoms with Crippen LogP contribution in [0, 0.1) is 0 Å². The number of halogens is 2. The molecule has 0 unspecified atom stereocenters. The van der Waals surface area contributed by atoms with Crippen LogP contribution in [0.2, 0.25) is 10.0 Å². The fourth-order valence-corrected chi connectivity index (χ4v) is 3.53. The third-order valence-corrected chi connectivity index (χ3v) is 4.55. The highest BCUT2D eigenvalue weighted by molar-refractivity contribution is 6.34. The van der Waals surface area contributed by atoms with Gasteiger partial charge in [-0.25, -0.2) is 0 Å². The van der Waals surface area contributed by atoms with Gasteiger partial charge in [-0.1, -0.05) is 37.0 Å². The van der Waals surface area contributed by atoms with Gasteiger partial charge in [-0.2, -0.15) is 0 Å². The van der Waals surface area contributed by atoms with Crippen LogP contribution in [0.4, 0.5) is 0 Å². The third-order valence-electron chi connectivity index (χ3n) is 4.11. The summed E-state index contributed by atoms with van der Waals surface area (Å²) in [5.74, 6) is 0. The summed E-state index contributed by atoms with van der Waals surface area (Å²) in [6.45, 7) is 5.34. The molecule has 0 radical (unpaired) electrons. The summed E-state index contributed by atoms with van der Waals surface area (Å²) in [7, 11) is 0. The summed E-state index contributed by atoms with van der Waals surface area (Å²) in [6.07, 6.45) is 4.78. The number of benzene rings is 1. The first kappa shape index (κ1) is 16.1. The summed E-state index contributed by atoms with van der Waals surface area (Å²) in [5.41, 5.74) is 1.15. The highest BCUT2D eigenvalue weighted by Gasteiger charge is 2.25. The first-order chi connectivity index (χ1) is 9.60. The van der Waals surface area contributed by atoms with Crippen LogP contribution < -0.4 is 10.6 Å². The van der Waals surface area contributed by atoms with E-state index >= 15 is 0 Å². The summed E-state index contributed by atoms with van der Waals surface area (Å²) >= 11 is 12.1. The van der Waals surface area contributed by atoms with E-state index < -0.39 is 0 Å². The standard InChI is InChI=1S/C16H24Cl2N2/c1-3-14-8-16(9-15(4-2)20-14)19-10-11-5-12(17)7-13(18)6-11/h5-7,14-16,19-20H,3-4,8-10H2,1-2H3/t14-,15+,16+. The highest BCUT2D eigenvalue weighted by atomic mass is 35.5. The lowest BCUT2D eigenvalue weighted by atomic mass is 9.91. The fraction of sp³-hybridized carbons (Fsp3) is 0.625. The molecule has 1 aromatic carbocycles. The normalized spacial score (nSPS) is 26.7. The predicted molar refractivity (Wildman–Crippen MR) is 87.6 cm³/mol. The van der Waals surface area contributed by atoms with Crippen molar-refractivity contribution in [2.45, 2.75) is 64.2 Å². The summed E-state index contributed by atoms with van der Waals surface area (Å²) in [4.78, 5) is 0. The lowest BCUT2D eigenvalue weighted by Crippen LogP contribution is -2.50. The zero-order chi connectivity index (χ0) is 14.5. The van der Waals surface area contributed by atoms with E-state index in [-0.39, 0.29) is 0 Å². The molecule has 0 saturated carbocycles. The van der Waals surface area contributed by atoms with Crippen LogP contribution in [0.15, 0.2) is 18.2 Å². The molecule has 0 bridgehead atoms. The van der Waals surface area contributed by atoms with Crippen molar-refractivity contribution in [1.29, 1.82) is 0 Å².